The molecule has 0 spiro atoms. The van der Waals surface area contributed by atoms with E-state index in [1.807, 2.05) is 30.5 Å². The number of carbonyl (C=O) groups excluding carboxylic acids is 1. The number of anilines is 1. The average Bonchev–Trinajstić information content (AvgIpc) is 3.65. The molecule has 1 aliphatic rings. The van der Waals surface area contributed by atoms with E-state index in [1.54, 1.807) is 18.1 Å². The van der Waals surface area contributed by atoms with E-state index in [2.05, 4.69) is 30.5 Å². The van der Waals surface area contributed by atoms with Crippen LogP contribution in [0.2, 0.25) is 0 Å². The third-order valence-corrected chi connectivity index (χ3v) is 6.42. The SMILES string of the molecule is COc1nc(-c2nnc(C(=O)N3CCC(OC)C3)cc2Cc2c[nH]c3ccccc23)[nH]c1NCC(=O)O. The van der Waals surface area contributed by atoms with E-state index in [9.17, 15) is 9.59 Å². The number of imidazole rings is 1. The minimum atomic E-state index is -1.03. The molecule has 12 nitrogen and oxygen atoms in total. The Balaban J connectivity index is 1.54. The molecule has 5 rings (SSSR count). The number of nitrogens with zero attached hydrogens (tertiary/aromatic N) is 4. The zero-order chi connectivity index (χ0) is 25.9. The molecule has 1 saturated heterocycles. The van der Waals surface area contributed by atoms with Crippen LogP contribution in [-0.4, -0.2) is 87.0 Å². The summed E-state index contributed by atoms with van der Waals surface area (Å²) in [6.07, 6.45) is 3.17. The normalized spacial score (nSPS) is 15.3. The number of rotatable bonds is 9. The van der Waals surface area contributed by atoms with Gasteiger partial charge in [0.1, 0.15) is 12.2 Å². The summed E-state index contributed by atoms with van der Waals surface area (Å²) in [5.41, 5.74) is 3.41. The number of hydrogen-bond acceptors (Lipinski definition) is 8. The highest BCUT2D eigenvalue weighted by Crippen LogP contribution is 2.30. The Hall–Kier alpha value is -4.45. The lowest BCUT2D eigenvalue weighted by molar-refractivity contribution is -0.134. The number of carboxylic acids is 1. The predicted octanol–water partition coefficient (Wildman–Crippen LogP) is 2.30. The number of aliphatic carboxylic acids is 1. The fraction of sp³-hybridized carbons (Fsp3) is 0.320. The van der Waals surface area contributed by atoms with Crippen LogP contribution >= 0.6 is 0 Å². The summed E-state index contributed by atoms with van der Waals surface area (Å²) < 4.78 is 10.7. The minimum Gasteiger partial charge on any atom is -0.480 e. The van der Waals surface area contributed by atoms with Gasteiger partial charge in [-0.2, -0.15) is 4.98 Å². The molecule has 0 bridgehead atoms. The molecule has 0 aliphatic carbocycles. The van der Waals surface area contributed by atoms with Crippen molar-refractivity contribution in [3.8, 4) is 17.4 Å². The summed E-state index contributed by atoms with van der Waals surface area (Å²) in [6.45, 7) is 0.773. The third kappa shape index (κ3) is 4.96. The molecule has 1 amide bonds. The third-order valence-electron chi connectivity index (χ3n) is 6.42. The van der Waals surface area contributed by atoms with Crippen molar-refractivity contribution in [2.45, 2.75) is 18.9 Å². The largest absolute Gasteiger partial charge is 0.480 e. The summed E-state index contributed by atoms with van der Waals surface area (Å²) in [5, 5.41) is 21.5. The molecule has 4 aromatic rings. The molecule has 192 valence electrons. The highest BCUT2D eigenvalue weighted by atomic mass is 16.5. The Morgan fingerprint density at radius 1 is 1.22 bits per heavy atom. The number of methoxy groups -OCH3 is 2. The van der Waals surface area contributed by atoms with Crippen molar-refractivity contribution in [3.05, 3.63) is 53.3 Å². The quantitative estimate of drug-likeness (QED) is 0.268. The van der Waals surface area contributed by atoms with E-state index in [0.717, 1.165) is 28.5 Å². The maximum absolute atomic E-state index is 13.2. The number of carboxylic acid groups (broad SMARTS) is 1. The maximum atomic E-state index is 13.2. The van der Waals surface area contributed by atoms with Crippen LogP contribution in [0.15, 0.2) is 36.5 Å². The fourth-order valence-corrected chi connectivity index (χ4v) is 4.52. The van der Waals surface area contributed by atoms with Crippen molar-refractivity contribution in [2.24, 2.45) is 0 Å². The number of para-hydroxylation sites is 1. The minimum absolute atomic E-state index is 0.00850. The molecule has 0 radical (unpaired) electrons. The first-order valence-corrected chi connectivity index (χ1v) is 11.8. The number of ether oxygens (including phenoxy) is 2. The molecule has 3 aromatic heterocycles. The van der Waals surface area contributed by atoms with E-state index in [-0.39, 0.29) is 30.1 Å². The fourth-order valence-electron chi connectivity index (χ4n) is 4.52. The number of fused-ring (bicyclic) bond motifs is 1. The smallest absolute Gasteiger partial charge is 0.322 e. The van der Waals surface area contributed by atoms with Gasteiger partial charge in [0, 0.05) is 43.7 Å². The second kappa shape index (κ2) is 10.3. The van der Waals surface area contributed by atoms with E-state index < -0.39 is 5.97 Å². The zero-order valence-electron chi connectivity index (χ0n) is 20.4. The Morgan fingerprint density at radius 2 is 2.05 bits per heavy atom. The summed E-state index contributed by atoms with van der Waals surface area (Å²) >= 11 is 0. The summed E-state index contributed by atoms with van der Waals surface area (Å²) in [6, 6.07) is 9.70. The van der Waals surface area contributed by atoms with Crippen molar-refractivity contribution in [3.63, 3.8) is 0 Å². The van der Waals surface area contributed by atoms with Crippen LogP contribution in [-0.2, 0) is 16.0 Å². The highest BCUT2D eigenvalue weighted by Gasteiger charge is 2.29. The van der Waals surface area contributed by atoms with Crippen LogP contribution in [0.25, 0.3) is 22.4 Å². The van der Waals surface area contributed by atoms with Crippen LogP contribution in [0.4, 0.5) is 5.82 Å². The zero-order valence-corrected chi connectivity index (χ0v) is 20.4. The molecule has 37 heavy (non-hydrogen) atoms. The summed E-state index contributed by atoms with van der Waals surface area (Å²) in [5.74, 6) is -0.397. The van der Waals surface area contributed by atoms with Gasteiger partial charge in [-0.3, -0.25) is 9.59 Å². The van der Waals surface area contributed by atoms with Gasteiger partial charge in [-0.1, -0.05) is 18.2 Å². The Morgan fingerprint density at radius 3 is 2.81 bits per heavy atom. The standard InChI is InChI=1S/C25H27N7O5/c1-36-16-7-8-32(13-16)25(35)19-10-14(9-15-11-26-18-6-4-3-5-17(15)18)21(31-30-19)22-28-23(24(29-22)37-2)27-12-20(33)34/h3-6,10-11,16,26-27H,7-9,12-13H2,1-2H3,(H,28,29)(H,33,34). The molecule has 1 aliphatic heterocycles. The Bertz CT molecular complexity index is 1450. The van der Waals surface area contributed by atoms with Crippen LogP contribution < -0.4 is 10.1 Å². The first-order chi connectivity index (χ1) is 18.0. The van der Waals surface area contributed by atoms with Gasteiger partial charge in [0.2, 0.25) is 0 Å². The molecule has 1 fully saturated rings. The molecular weight excluding hydrogens is 478 g/mol. The lowest BCUT2D eigenvalue weighted by Crippen LogP contribution is -2.31. The Labute approximate surface area is 212 Å². The van der Waals surface area contributed by atoms with Gasteiger partial charge >= 0.3 is 5.97 Å². The summed E-state index contributed by atoms with van der Waals surface area (Å²) in [7, 11) is 3.08. The molecule has 1 unspecified atom stereocenters. The highest BCUT2D eigenvalue weighted by molar-refractivity contribution is 5.93. The van der Waals surface area contributed by atoms with Crippen molar-refractivity contribution in [1.82, 2.24) is 30.0 Å². The van der Waals surface area contributed by atoms with Gasteiger partial charge in [0.25, 0.3) is 11.8 Å². The molecule has 4 N–H and O–H groups in total. The molecule has 1 atom stereocenters. The van der Waals surface area contributed by atoms with Crippen LogP contribution in [0, 0.1) is 0 Å². The average molecular weight is 506 g/mol. The monoisotopic (exact) mass is 505 g/mol. The van der Waals surface area contributed by atoms with Gasteiger partial charge in [-0.05, 0) is 29.7 Å². The summed E-state index contributed by atoms with van der Waals surface area (Å²) in [4.78, 5) is 36.7. The van der Waals surface area contributed by atoms with Gasteiger partial charge < -0.3 is 34.8 Å². The van der Waals surface area contributed by atoms with Gasteiger partial charge in [0.05, 0.1) is 13.2 Å². The number of aromatic amines is 2. The molecule has 0 saturated carbocycles. The van der Waals surface area contributed by atoms with Crippen molar-refractivity contribution in [2.75, 3.05) is 39.2 Å². The Kier molecular flexibility index (Phi) is 6.73. The van der Waals surface area contributed by atoms with E-state index in [4.69, 9.17) is 14.6 Å². The lowest BCUT2D eigenvalue weighted by atomic mass is 10.0. The second-order valence-electron chi connectivity index (χ2n) is 8.75. The molecule has 1 aromatic carbocycles. The van der Waals surface area contributed by atoms with Crippen molar-refractivity contribution in [1.29, 1.82) is 0 Å². The number of nitrogens with one attached hydrogen (secondary N) is 3. The van der Waals surface area contributed by atoms with Gasteiger partial charge in [-0.25, -0.2) is 0 Å². The first kappa shape index (κ1) is 24.3. The lowest BCUT2D eigenvalue weighted by Gasteiger charge is -2.16. The van der Waals surface area contributed by atoms with Crippen LogP contribution in [0.1, 0.15) is 28.0 Å². The van der Waals surface area contributed by atoms with Gasteiger partial charge in [-0.15, -0.1) is 10.2 Å². The second-order valence-corrected chi connectivity index (χ2v) is 8.75. The number of hydrogen-bond donors (Lipinski definition) is 4. The van der Waals surface area contributed by atoms with Crippen LogP contribution in [0.3, 0.4) is 0 Å². The maximum Gasteiger partial charge on any atom is 0.322 e. The first-order valence-electron chi connectivity index (χ1n) is 11.8. The predicted molar refractivity (Wildman–Crippen MR) is 135 cm³/mol. The number of amides is 1. The number of aromatic nitrogens is 5. The van der Waals surface area contributed by atoms with E-state index in [1.165, 1.54) is 7.11 Å². The molecular formula is C25H27N7O5. The van der Waals surface area contributed by atoms with Crippen molar-refractivity contribution < 1.29 is 24.2 Å². The van der Waals surface area contributed by atoms with E-state index in [0.29, 0.717) is 36.8 Å². The number of carbonyl (C=O) groups is 2. The van der Waals surface area contributed by atoms with Crippen molar-refractivity contribution >= 4 is 28.6 Å². The van der Waals surface area contributed by atoms with Crippen LogP contribution in [0.5, 0.6) is 5.88 Å². The van der Waals surface area contributed by atoms with E-state index >= 15 is 0 Å². The van der Waals surface area contributed by atoms with Gasteiger partial charge in [0.15, 0.2) is 17.3 Å². The molecule has 4 heterocycles. The number of benzene rings is 1. The number of likely N-dealkylation sites (tertiary alicyclic amines) is 1. The topological polar surface area (TPSA) is 158 Å². The number of H-pyrrole nitrogens is 2. The molecule has 12 heteroatoms.